The van der Waals surface area contributed by atoms with Gasteiger partial charge in [-0.15, -0.1) is 0 Å². The first-order chi connectivity index (χ1) is 14.3. The number of nitrogens with one attached hydrogen (secondary N) is 1. The van der Waals surface area contributed by atoms with Gasteiger partial charge in [-0.2, -0.15) is 0 Å². The zero-order chi connectivity index (χ0) is 21.8. The second-order valence-electron chi connectivity index (χ2n) is 7.52. The lowest BCUT2D eigenvalue weighted by atomic mass is 9.85. The molecule has 2 fully saturated rings. The minimum Gasteiger partial charge on any atom is -0.462 e. The third-order valence-corrected chi connectivity index (χ3v) is 5.46. The predicted molar refractivity (Wildman–Crippen MR) is 106 cm³/mol. The molecule has 9 nitrogen and oxygen atoms in total. The normalized spacial score (nSPS) is 21.7. The summed E-state index contributed by atoms with van der Waals surface area (Å²) in [6.07, 6.45) is 3.47. The lowest BCUT2D eigenvalue weighted by Gasteiger charge is -2.34. The quantitative estimate of drug-likeness (QED) is 0.433. The number of urea groups is 1. The smallest absolute Gasteiger partial charge is 0.338 e. The molecule has 0 bridgehead atoms. The highest BCUT2D eigenvalue weighted by Crippen LogP contribution is 2.31. The molecular weight excluding hydrogens is 390 g/mol. The Kier molecular flexibility index (Phi) is 6.49. The average molecular weight is 415 g/mol. The number of nitrogens with zero attached hydrogens (tertiary/aromatic N) is 2. The molecule has 2 atom stereocenters. The topological polar surface area (TPSA) is 113 Å². The Morgan fingerprint density at radius 2 is 1.73 bits per heavy atom. The van der Waals surface area contributed by atoms with Crippen LogP contribution in [0, 0.1) is 5.92 Å². The number of hydrogen-bond acceptors (Lipinski definition) is 6. The average Bonchev–Trinajstić information content (AvgIpc) is 2.92. The fourth-order valence-corrected chi connectivity index (χ4v) is 3.88. The van der Waals surface area contributed by atoms with Crippen molar-refractivity contribution in [3.8, 4) is 0 Å². The van der Waals surface area contributed by atoms with Crippen molar-refractivity contribution in [3.63, 3.8) is 0 Å². The molecule has 0 unspecified atom stereocenters. The number of hydrogen-bond donors (Lipinski definition) is 1. The summed E-state index contributed by atoms with van der Waals surface area (Å²) in [5, 5.41) is 2.56. The van der Waals surface area contributed by atoms with Gasteiger partial charge in [0, 0.05) is 11.7 Å². The Morgan fingerprint density at radius 1 is 1.07 bits per heavy atom. The number of benzene rings is 1. The van der Waals surface area contributed by atoms with Crippen LogP contribution in [0.3, 0.4) is 0 Å². The Morgan fingerprint density at radius 3 is 2.37 bits per heavy atom. The van der Waals surface area contributed by atoms with Crippen LogP contribution in [0.4, 0.5) is 10.5 Å². The molecule has 0 spiro atoms. The summed E-state index contributed by atoms with van der Waals surface area (Å²) < 4.78 is 4.89. The van der Waals surface area contributed by atoms with Crippen LogP contribution in [0.2, 0.25) is 0 Å². The highest BCUT2D eigenvalue weighted by molar-refractivity contribution is 6.45. The van der Waals surface area contributed by atoms with Crippen LogP contribution in [0.15, 0.2) is 24.3 Å². The van der Waals surface area contributed by atoms with Crippen molar-refractivity contribution in [1.29, 1.82) is 0 Å². The van der Waals surface area contributed by atoms with Gasteiger partial charge in [-0.3, -0.25) is 19.3 Å². The highest BCUT2D eigenvalue weighted by atomic mass is 16.5. The van der Waals surface area contributed by atoms with Gasteiger partial charge in [0.15, 0.2) is 0 Å². The molecule has 2 aliphatic rings. The maximum atomic E-state index is 12.7. The van der Waals surface area contributed by atoms with E-state index >= 15 is 0 Å². The van der Waals surface area contributed by atoms with E-state index in [9.17, 15) is 24.0 Å². The Balaban J connectivity index is 1.63. The van der Waals surface area contributed by atoms with Crippen molar-refractivity contribution >= 4 is 35.4 Å². The molecule has 9 heteroatoms. The molecule has 1 N–H and O–H groups in total. The summed E-state index contributed by atoms with van der Waals surface area (Å²) in [5.74, 6) is -2.83. The zero-order valence-electron chi connectivity index (χ0n) is 17.1. The summed E-state index contributed by atoms with van der Waals surface area (Å²) in [4.78, 5) is 63.2. The van der Waals surface area contributed by atoms with Crippen LogP contribution in [0.1, 0.15) is 49.9 Å². The minimum absolute atomic E-state index is 0.117. The van der Waals surface area contributed by atoms with Gasteiger partial charge >= 0.3 is 23.8 Å². The minimum atomic E-state index is -0.981. The van der Waals surface area contributed by atoms with Crippen LogP contribution >= 0.6 is 0 Å². The van der Waals surface area contributed by atoms with E-state index in [-0.39, 0.29) is 18.6 Å². The van der Waals surface area contributed by atoms with Crippen molar-refractivity contribution in [3.05, 3.63) is 29.8 Å². The van der Waals surface area contributed by atoms with E-state index in [0.29, 0.717) is 22.6 Å². The molecule has 160 valence electrons. The fourth-order valence-electron chi connectivity index (χ4n) is 3.88. The van der Waals surface area contributed by atoms with E-state index in [1.165, 1.54) is 24.3 Å². The first-order valence-corrected chi connectivity index (χ1v) is 10.1. The zero-order valence-corrected chi connectivity index (χ0v) is 17.1. The van der Waals surface area contributed by atoms with Gasteiger partial charge in [0.25, 0.3) is 0 Å². The third kappa shape index (κ3) is 4.34. The number of esters is 1. The van der Waals surface area contributed by atoms with E-state index in [4.69, 9.17) is 4.74 Å². The molecule has 1 aliphatic heterocycles. The molecule has 1 aliphatic carbocycles. The molecule has 30 heavy (non-hydrogen) atoms. The first kappa shape index (κ1) is 21.5. The standard InChI is InChI=1S/C21H25N3O6/c1-3-30-20(28)14-8-10-15(11-9-14)22-17(25)12-23-18(26)19(27)24(21(23)29)16-7-5-4-6-13(16)2/h8-11,13,16H,3-7,12H2,1-2H3,(H,22,25)/t13-,16-/m1/s1. The summed E-state index contributed by atoms with van der Waals surface area (Å²) in [7, 11) is 0. The van der Waals surface area contributed by atoms with Crippen molar-refractivity contribution in [1.82, 2.24) is 9.80 Å². The number of carbonyl (C=O) groups excluding carboxylic acids is 5. The summed E-state index contributed by atoms with van der Waals surface area (Å²) in [6.45, 7) is 3.36. The molecule has 0 aromatic heterocycles. The summed E-state index contributed by atoms with van der Waals surface area (Å²) in [5.41, 5.74) is 0.721. The molecule has 1 aromatic rings. The van der Waals surface area contributed by atoms with Gasteiger partial charge in [-0.25, -0.2) is 14.5 Å². The van der Waals surface area contributed by atoms with Crippen LogP contribution in [-0.4, -0.2) is 58.7 Å². The number of anilines is 1. The molecule has 1 heterocycles. The Hall–Kier alpha value is -3.23. The van der Waals surface area contributed by atoms with Gasteiger partial charge in [-0.1, -0.05) is 19.8 Å². The van der Waals surface area contributed by atoms with E-state index in [0.717, 1.165) is 24.2 Å². The van der Waals surface area contributed by atoms with E-state index < -0.39 is 36.3 Å². The second kappa shape index (κ2) is 9.06. The van der Waals surface area contributed by atoms with Crippen molar-refractivity contribution in [2.24, 2.45) is 5.92 Å². The number of imide groups is 2. The molecule has 3 rings (SSSR count). The maximum absolute atomic E-state index is 12.7. The van der Waals surface area contributed by atoms with Crippen LogP contribution in [-0.2, 0) is 19.1 Å². The third-order valence-electron chi connectivity index (χ3n) is 5.46. The van der Waals surface area contributed by atoms with Gasteiger partial charge < -0.3 is 10.1 Å². The lowest BCUT2D eigenvalue weighted by molar-refractivity contribution is -0.145. The van der Waals surface area contributed by atoms with Gasteiger partial charge in [0.1, 0.15) is 6.54 Å². The van der Waals surface area contributed by atoms with Gasteiger partial charge in [0.05, 0.1) is 12.2 Å². The van der Waals surface area contributed by atoms with Crippen LogP contribution in [0.5, 0.6) is 0 Å². The molecular formula is C21H25N3O6. The lowest BCUT2D eigenvalue weighted by Crippen LogP contribution is -2.46. The van der Waals surface area contributed by atoms with E-state index in [1.54, 1.807) is 6.92 Å². The van der Waals surface area contributed by atoms with E-state index in [2.05, 4.69) is 5.32 Å². The molecule has 1 saturated carbocycles. The van der Waals surface area contributed by atoms with Gasteiger partial charge in [-0.05, 0) is 49.9 Å². The summed E-state index contributed by atoms with van der Waals surface area (Å²) in [6, 6.07) is 4.96. The second-order valence-corrected chi connectivity index (χ2v) is 7.52. The van der Waals surface area contributed by atoms with E-state index in [1.807, 2.05) is 6.92 Å². The molecule has 5 amide bonds. The van der Waals surface area contributed by atoms with Crippen molar-refractivity contribution in [2.45, 2.75) is 45.6 Å². The number of rotatable bonds is 6. The number of carbonyl (C=O) groups is 5. The van der Waals surface area contributed by atoms with Crippen molar-refractivity contribution in [2.75, 3.05) is 18.5 Å². The van der Waals surface area contributed by atoms with Gasteiger partial charge in [0.2, 0.25) is 5.91 Å². The fraction of sp³-hybridized carbons (Fsp3) is 0.476. The molecule has 0 radical (unpaired) electrons. The maximum Gasteiger partial charge on any atom is 0.338 e. The molecule has 1 saturated heterocycles. The number of amides is 5. The first-order valence-electron chi connectivity index (χ1n) is 10.1. The van der Waals surface area contributed by atoms with Crippen molar-refractivity contribution < 1.29 is 28.7 Å². The van der Waals surface area contributed by atoms with Crippen LogP contribution < -0.4 is 5.32 Å². The Labute approximate surface area is 174 Å². The monoisotopic (exact) mass is 415 g/mol. The SMILES string of the molecule is CCOC(=O)c1ccc(NC(=O)CN2C(=O)C(=O)N([C@@H]3CCCC[C@H]3C)C2=O)cc1. The molecule has 1 aromatic carbocycles. The number of ether oxygens (including phenoxy) is 1. The predicted octanol–water partition coefficient (Wildman–Crippen LogP) is 2.17. The summed E-state index contributed by atoms with van der Waals surface area (Å²) >= 11 is 0. The highest BCUT2D eigenvalue weighted by Gasteiger charge is 2.49. The van der Waals surface area contributed by atoms with Crippen LogP contribution in [0.25, 0.3) is 0 Å². The Bertz CT molecular complexity index is 866. The largest absolute Gasteiger partial charge is 0.462 e.